The van der Waals surface area contributed by atoms with E-state index in [0.717, 1.165) is 6.42 Å². The van der Waals surface area contributed by atoms with Gasteiger partial charge in [0.1, 0.15) is 0 Å². The van der Waals surface area contributed by atoms with Crippen molar-refractivity contribution in [2.24, 2.45) is 17.0 Å². The SMILES string of the molecule is O=NC1CC2C=CC1C2. The summed E-state index contributed by atoms with van der Waals surface area (Å²) in [4.78, 5) is 10.1. The summed E-state index contributed by atoms with van der Waals surface area (Å²) >= 11 is 0. The van der Waals surface area contributed by atoms with E-state index < -0.39 is 0 Å². The Balaban J connectivity index is 2.19. The molecule has 0 saturated heterocycles. The number of hydrogen-bond donors (Lipinski definition) is 0. The van der Waals surface area contributed by atoms with Crippen LogP contribution in [0.3, 0.4) is 0 Å². The Morgan fingerprint density at radius 2 is 2.22 bits per heavy atom. The van der Waals surface area contributed by atoms with Crippen molar-refractivity contribution in [1.82, 2.24) is 0 Å². The van der Waals surface area contributed by atoms with Crippen molar-refractivity contribution in [3.05, 3.63) is 17.1 Å². The molecule has 0 aromatic rings. The van der Waals surface area contributed by atoms with Crippen LogP contribution >= 0.6 is 0 Å². The van der Waals surface area contributed by atoms with E-state index in [4.69, 9.17) is 0 Å². The molecule has 0 aromatic heterocycles. The van der Waals surface area contributed by atoms with E-state index in [1.54, 1.807) is 0 Å². The molecular formula is C7H9NO. The molecule has 0 aliphatic heterocycles. The lowest BCUT2D eigenvalue weighted by atomic mass is 10.0. The van der Waals surface area contributed by atoms with E-state index in [2.05, 4.69) is 17.3 Å². The lowest BCUT2D eigenvalue weighted by molar-refractivity contribution is 0.574. The van der Waals surface area contributed by atoms with Crippen LogP contribution < -0.4 is 0 Å². The second kappa shape index (κ2) is 1.66. The predicted molar refractivity (Wildman–Crippen MR) is 34.9 cm³/mol. The van der Waals surface area contributed by atoms with Crippen LogP contribution in [0.15, 0.2) is 17.3 Å². The molecule has 0 aromatic carbocycles. The number of hydrogen-bond acceptors (Lipinski definition) is 2. The van der Waals surface area contributed by atoms with Gasteiger partial charge in [-0.15, -0.1) is 0 Å². The van der Waals surface area contributed by atoms with Gasteiger partial charge in [0.05, 0.1) is 6.04 Å². The average Bonchev–Trinajstić information content (AvgIpc) is 2.45. The summed E-state index contributed by atoms with van der Waals surface area (Å²) in [6.07, 6.45) is 6.54. The van der Waals surface area contributed by atoms with Crippen LogP contribution in [0.1, 0.15) is 12.8 Å². The third-order valence-corrected chi connectivity index (χ3v) is 2.38. The monoisotopic (exact) mass is 123 g/mol. The van der Waals surface area contributed by atoms with Crippen molar-refractivity contribution in [2.75, 3.05) is 0 Å². The van der Waals surface area contributed by atoms with Gasteiger partial charge < -0.3 is 0 Å². The quantitative estimate of drug-likeness (QED) is 0.385. The fourth-order valence-electron chi connectivity index (χ4n) is 1.87. The molecule has 48 valence electrons. The standard InChI is InChI=1S/C7H9NO/c9-8-7-4-5-1-2-6(7)3-5/h1-2,5-7H,3-4H2. The van der Waals surface area contributed by atoms with E-state index in [1.165, 1.54) is 6.42 Å². The molecule has 0 amide bonds. The second-order valence-electron chi connectivity index (χ2n) is 2.95. The van der Waals surface area contributed by atoms with Crippen molar-refractivity contribution in [2.45, 2.75) is 18.9 Å². The van der Waals surface area contributed by atoms with Gasteiger partial charge in [0, 0.05) is 5.92 Å². The van der Waals surface area contributed by atoms with Crippen molar-refractivity contribution < 1.29 is 0 Å². The Morgan fingerprint density at radius 1 is 1.33 bits per heavy atom. The Bertz CT molecular complexity index is 164. The molecule has 2 heteroatoms. The van der Waals surface area contributed by atoms with Gasteiger partial charge >= 0.3 is 0 Å². The number of allylic oxidation sites excluding steroid dienone is 1. The molecule has 2 nitrogen and oxygen atoms in total. The number of nitroso groups, excluding NO2 is 1. The fourth-order valence-corrected chi connectivity index (χ4v) is 1.87. The number of fused-ring (bicyclic) bond motifs is 2. The van der Waals surface area contributed by atoms with Gasteiger partial charge in [-0.2, -0.15) is 4.91 Å². The minimum atomic E-state index is 0.111. The fraction of sp³-hybridized carbons (Fsp3) is 0.714. The molecule has 1 fully saturated rings. The zero-order valence-corrected chi connectivity index (χ0v) is 5.16. The third-order valence-electron chi connectivity index (χ3n) is 2.38. The highest BCUT2D eigenvalue weighted by Gasteiger charge is 2.36. The molecular weight excluding hydrogens is 114 g/mol. The topological polar surface area (TPSA) is 29.4 Å². The predicted octanol–water partition coefficient (Wildman–Crippen LogP) is 1.72. The second-order valence-corrected chi connectivity index (χ2v) is 2.95. The van der Waals surface area contributed by atoms with Crippen molar-refractivity contribution in [3.63, 3.8) is 0 Å². The van der Waals surface area contributed by atoms with Gasteiger partial charge in [-0.3, -0.25) is 0 Å². The van der Waals surface area contributed by atoms with E-state index in [9.17, 15) is 4.91 Å². The highest BCUT2D eigenvalue weighted by atomic mass is 16.3. The molecule has 2 aliphatic carbocycles. The van der Waals surface area contributed by atoms with Crippen LogP contribution in [0.2, 0.25) is 0 Å². The summed E-state index contributed by atoms with van der Waals surface area (Å²) in [5, 5.41) is 3.07. The minimum absolute atomic E-state index is 0.111. The molecule has 0 radical (unpaired) electrons. The Morgan fingerprint density at radius 3 is 2.56 bits per heavy atom. The van der Waals surface area contributed by atoms with Crippen LogP contribution in [0.4, 0.5) is 0 Å². The normalized spacial score (nSPS) is 46.0. The van der Waals surface area contributed by atoms with Crippen LogP contribution in [0.5, 0.6) is 0 Å². The lowest BCUT2D eigenvalue weighted by Gasteiger charge is -2.07. The molecule has 0 spiro atoms. The Labute approximate surface area is 53.9 Å². The van der Waals surface area contributed by atoms with Gasteiger partial charge in [0.15, 0.2) is 0 Å². The summed E-state index contributed by atoms with van der Waals surface area (Å²) in [6.45, 7) is 0. The molecule has 2 aliphatic rings. The average molecular weight is 123 g/mol. The highest BCUT2D eigenvalue weighted by Crippen LogP contribution is 2.40. The van der Waals surface area contributed by atoms with Crippen LogP contribution in [0, 0.1) is 16.7 Å². The maximum Gasteiger partial charge on any atom is 0.0987 e. The first kappa shape index (κ1) is 5.15. The van der Waals surface area contributed by atoms with Crippen LogP contribution in [-0.2, 0) is 0 Å². The first-order valence-corrected chi connectivity index (χ1v) is 3.41. The number of rotatable bonds is 1. The summed E-state index contributed by atoms with van der Waals surface area (Å²) < 4.78 is 0. The zero-order valence-electron chi connectivity index (χ0n) is 5.16. The van der Waals surface area contributed by atoms with E-state index in [-0.39, 0.29) is 6.04 Å². The summed E-state index contributed by atoms with van der Waals surface area (Å²) in [5.74, 6) is 1.17. The molecule has 2 rings (SSSR count). The summed E-state index contributed by atoms with van der Waals surface area (Å²) in [7, 11) is 0. The Kier molecular flexibility index (Phi) is 0.949. The van der Waals surface area contributed by atoms with Gasteiger partial charge in [-0.1, -0.05) is 17.3 Å². The summed E-state index contributed by atoms with van der Waals surface area (Å²) in [5.41, 5.74) is 0. The lowest BCUT2D eigenvalue weighted by Crippen LogP contribution is -2.08. The molecule has 1 saturated carbocycles. The maximum absolute atomic E-state index is 10.1. The molecule has 2 bridgehead atoms. The molecule has 0 N–H and O–H groups in total. The van der Waals surface area contributed by atoms with Crippen LogP contribution in [0.25, 0.3) is 0 Å². The van der Waals surface area contributed by atoms with Gasteiger partial charge in [-0.25, -0.2) is 0 Å². The minimum Gasteiger partial charge on any atom is -0.150 e. The smallest absolute Gasteiger partial charge is 0.0987 e. The highest BCUT2D eigenvalue weighted by molar-refractivity contribution is 5.12. The van der Waals surface area contributed by atoms with Crippen LogP contribution in [-0.4, -0.2) is 6.04 Å². The molecule has 3 atom stereocenters. The van der Waals surface area contributed by atoms with E-state index >= 15 is 0 Å². The van der Waals surface area contributed by atoms with Crippen molar-refractivity contribution in [1.29, 1.82) is 0 Å². The molecule has 0 heterocycles. The first-order valence-electron chi connectivity index (χ1n) is 3.41. The van der Waals surface area contributed by atoms with Gasteiger partial charge in [0.2, 0.25) is 0 Å². The van der Waals surface area contributed by atoms with E-state index in [0.29, 0.717) is 11.8 Å². The maximum atomic E-state index is 10.1. The largest absolute Gasteiger partial charge is 0.150 e. The first-order chi connectivity index (χ1) is 4.40. The Hall–Kier alpha value is -0.660. The molecule has 3 unspecified atom stereocenters. The third kappa shape index (κ3) is 0.622. The van der Waals surface area contributed by atoms with E-state index in [1.807, 2.05) is 0 Å². The summed E-state index contributed by atoms with van der Waals surface area (Å²) in [6, 6.07) is 0.111. The van der Waals surface area contributed by atoms with Crippen molar-refractivity contribution >= 4 is 0 Å². The number of nitrogens with zero attached hydrogens (tertiary/aromatic N) is 1. The van der Waals surface area contributed by atoms with Gasteiger partial charge in [0.25, 0.3) is 0 Å². The van der Waals surface area contributed by atoms with Crippen molar-refractivity contribution in [3.8, 4) is 0 Å². The zero-order chi connectivity index (χ0) is 6.27. The molecule has 9 heavy (non-hydrogen) atoms. The van der Waals surface area contributed by atoms with Gasteiger partial charge in [-0.05, 0) is 18.8 Å².